The summed E-state index contributed by atoms with van der Waals surface area (Å²) in [7, 11) is 0. The maximum atomic E-state index is 13.0. The zero-order valence-electron chi connectivity index (χ0n) is 15.4. The first kappa shape index (κ1) is 18.8. The standard InChI is InChI=1S/C20H30O5/c1-9-6-12-13(19(12,4)5)7-14(21)11(3)17(23)15-16(22)10(2)8-20(15,25)18(9)24/h6,10,12-17,21-23,25H,3,7-8H2,1-2,4-5H3/b9-6-/t10-,12+,13-,14+,15+,16-,17+,20+/m0/s1. The molecule has 0 radical (unpaired) electrons. The molecule has 0 aliphatic heterocycles. The summed E-state index contributed by atoms with van der Waals surface area (Å²) in [5.74, 6) is -1.53. The number of rotatable bonds is 0. The number of aliphatic hydroxyl groups excluding tert-OH is 3. The number of carbonyl (C=O) groups is 1. The second kappa shape index (κ2) is 5.74. The van der Waals surface area contributed by atoms with E-state index in [1.807, 2.05) is 6.08 Å². The van der Waals surface area contributed by atoms with Gasteiger partial charge in [0.25, 0.3) is 0 Å². The van der Waals surface area contributed by atoms with Gasteiger partial charge in [0.2, 0.25) is 0 Å². The van der Waals surface area contributed by atoms with Gasteiger partial charge in [0.1, 0.15) is 5.60 Å². The molecule has 0 bridgehead atoms. The average molecular weight is 350 g/mol. The van der Waals surface area contributed by atoms with Crippen molar-refractivity contribution in [1.82, 2.24) is 0 Å². The van der Waals surface area contributed by atoms with Gasteiger partial charge in [0, 0.05) is 0 Å². The van der Waals surface area contributed by atoms with Crippen LogP contribution in [0.15, 0.2) is 23.8 Å². The Balaban J connectivity index is 2.08. The number of ketones is 1. The monoisotopic (exact) mass is 350 g/mol. The highest BCUT2D eigenvalue weighted by molar-refractivity contribution is 6.02. The molecule has 0 amide bonds. The predicted molar refractivity (Wildman–Crippen MR) is 93.5 cm³/mol. The van der Waals surface area contributed by atoms with Gasteiger partial charge in [-0.2, -0.15) is 0 Å². The molecule has 3 aliphatic carbocycles. The van der Waals surface area contributed by atoms with Crippen molar-refractivity contribution in [1.29, 1.82) is 0 Å². The third-order valence-corrected chi connectivity index (χ3v) is 7.08. The average Bonchev–Trinajstić information content (AvgIpc) is 2.92. The largest absolute Gasteiger partial charge is 0.392 e. The van der Waals surface area contributed by atoms with E-state index in [2.05, 4.69) is 20.4 Å². The van der Waals surface area contributed by atoms with Gasteiger partial charge in [-0.05, 0) is 54.1 Å². The van der Waals surface area contributed by atoms with Crippen LogP contribution in [0.5, 0.6) is 0 Å². The van der Waals surface area contributed by atoms with E-state index >= 15 is 0 Å². The van der Waals surface area contributed by atoms with E-state index in [0.29, 0.717) is 12.0 Å². The van der Waals surface area contributed by atoms with Gasteiger partial charge in [-0.25, -0.2) is 0 Å². The molecular weight excluding hydrogens is 320 g/mol. The minimum Gasteiger partial charge on any atom is -0.392 e. The zero-order valence-corrected chi connectivity index (χ0v) is 15.4. The van der Waals surface area contributed by atoms with Crippen LogP contribution < -0.4 is 0 Å². The molecule has 5 heteroatoms. The normalized spacial score (nSPS) is 51.8. The minimum absolute atomic E-state index is 0.0442. The summed E-state index contributed by atoms with van der Waals surface area (Å²) in [5, 5.41) is 43.0. The maximum Gasteiger partial charge on any atom is 0.190 e. The van der Waals surface area contributed by atoms with E-state index in [9.17, 15) is 25.2 Å². The predicted octanol–water partition coefficient (Wildman–Crippen LogP) is 1.20. The molecular formula is C20H30O5. The van der Waals surface area contributed by atoms with E-state index in [1.165, 1.54) is 0 Å². The lowest BCUT2D eigenvalue weighted by Gasteiger charge is -2.35. The molecule has 0 aromatic carbocycles. The molecule has 25 heavy (non-hydrogen) atoms. The highest BCUT2D eigenvalue weighted by Gasteiger charge is 2.61. The van der Waals surface area contributed by atoms with Crippen LogP contribution in [-0.2, 0) is 4.79 Å². The van der Waals surface area contributed by atoms with Gasteiger partial charge < -0.3 is 20.4 Å². The third-order valence-electron chi connectivity index (χ3n) is 7.08. The number of carbonyl (C=O) groups excluding carboxylic acids is 1. The molecule has 140 valence electrons. The zero-order chi connectivity index (χ0) is 18.9. The molecule has 3 rings (SSSR count). The molecule has 4 N–H and O–H groups in total. The third kappa shape index (κ3) is 2.64. The second-order valence-corrected chi connectivity index (χ2v) is 9.03. The first-order valence-electron chi connectivity index (χ1n) is 9.11. The van der Waals surface area contributed by atoms with Crippen molar-refractivity contribution in [2.24, 2.45) is 29.1 Å². The molecule has 3 aliphatic rings. The number of aliphatic hydroxyl groups is 4. The van der Waals surface area contributed by atoms with Crippen LogP contribution in [0.4, 0.5) is 0 Å². The summed E-state index contributed by atoms with van der Waals surface area (Å²) in [6, 6.07) is 0. The SMILES string of the molecule is C=C1[C@H](O)C[C@H]2[C@@H](/C=C(/C)C(=O)[C@@]3(O)C[C@H](C)[C@H](O)[C@@H]3[C@@H]1O)C2(C)C. The van der Waals surface area contributed by atoms with Crippen molar-refractivity contribution >= 4 is 5.78 Å². The summed E-state index contributed by atoms with van der Waals surface area (Å²) in [6.07, 6.45) is -0.880. The van der Waals surface area contributed by atoms with Crippen molar-refractivity contribution in [3.63, 3.8) is 0 Å². The molecule has 2 fully saturated rings. The summed E-state index contributed by atoms with van der Waals surface area (Å²) in [4.78, 5) is 13.0. The van der Waals surface area contributed by atoms with Crippen molar-refractivity contribution in [3.05, 3.63) is 23.8 Å². The molecule has 0 heterocycles. The Morgan fingerprint density at radius 3 is 2.44 bits per heavy atom. The van der Waals surface area contributed by atoms with Crippen LogP contribution in [0.1, 0.15) is 40.5 Å². The Kier molecular flexibility index (Phi) is 4.31. The highest BCUT2D eigenvalue weighted by Crippen LogP contribution is 2.62. The van der Waals surface area contributed by atoms with E-state index in [0.717, 1.165) is 0 Å². The van der Waals surface area contributed by atoms with Gasteiger partial charge in [-0.3, -0.25) is 4.79 Å². The fourth-order valence-corrected chi connectivity index (χ4v) is 5.15. The Labute approximate surface area is 149 Å². The van der Waals surface area contributed by atoms with E-state index in [4.69, 9.17) is 0 Å². The summed E-state index contributed by atoms with van der Waals surface area (Å²) in [6.45, 7) is 11.4. The van der Waals surface area contributed by atoms with Crippen LogP contribution in [-0.4, -0.2) is 50.1 Å². The maximum absolute atomic E-state index is 13.0. The minimum atomic E-state index is -1.85. The van der Waals surface area contributed by atoms with Crippen molar-refractivity contribution in [2.75, 3.05) is 0 Å². The molecule has 0 aromatic heterocycles. The van der Waals surface area contributed by atoms with Crippen LogP contribution >= 0.6 is 0 Å². The van der Waals surface area contributed by atoms with Crippen LogP contribution in [0.25, 0.3) is 0 Å². The lowest BCUT2D eigenvalue weighted by atomic mass is 9.77. The first-order chi connectivity index (χ1) is 11.4. The van der Waals surface area contributed by atoms with E-state index < -0.39 is 35.6 Å². The Morgan fingerprint density at radius 1 is 1.24 bits per heavy atom. The van der Waals surface area contributed by atoms with Crippen molar-refractivity contribution < 1.29 is 25.2 Å². The van der Waals surface area contributed by atoms with Crippen LogP contribution in [0.2, 0.25) is 0 Å². The van der Waals surface area contributed by atoms with Crippen molar-refractivity contribution in [2.45, 2.75) is 64.4 Å². The molecule has 0 saturated heterocycles. The smallest absolute Gasteiger partial charge is 0.190 e. The molecule has 0 unspecified atom stereocenters. The van der Waals surface area contributed by atoms with Crippen molar-refractivity contribution in [3.8, 4) is 0 Å². The summed E-state index contributed by atoms with van der Waals surface area (Å²) in [5.41, 5.74) is -1.26. The molecule has 0 spiro atoms. The van der Waals surface area contributed by atoms with Gasteiger partial charge in [0.05, 0.1) is 24.2 Å². The van der Waals surface area contributed by atoms with E-state index in [-0.39, 0.29) is 35.2 Å². The number of Topliss-reactive ketones (excluding diaryl/α,β-unsaturated/α-hetero) is 1. The van der Waals surface area contributed by atoms with Gasteiger partial charge in [-0.15, -0.1) is 0 Å². The topological polar surface area (TPSA) is 98.0 Å². The lowest BCUT2D eigenvalue weighted by Crippen LogP contribution is -2.51. The molecule has 2 saturated carbocycles. The number of fused-ring (bicyclic) bond motifs is 2. The molecule has 8 atom stereocenters. The number of hydrogen-bond acceptors (Lipinski definition) is 5. The quantitative estimate of drug-likeness (QED) is 0.492. The molecule has 0 aromatic rings. The molecule has 5 nitrogen and oxygen atoms in total. The lowest BCUT2D eigenvalue weighted by molar-refractivity contribution is -0.144. The Morgan fingerprint density at radius 2 is 1.84 bits per heavy atom. The van der Waals surface area contributed by atoms with E-state index in [1.54, 1.807) is 13.8 Å². The van der Waals surface area contributed by atoms with Crippen LogP contribution in [0, 0.1) is 29.1 Å². The van der Waals surface area contributed by atoms with Gasteiger partial charge in [0.15, 0.2) is 5.78 Å². The first-order valence-corrected chi connectivity index (χ1v) is 9.11. The number of allylic oxidation sites excluding steroid dienone is 1. The Bertz CT molecular complexity index is 636. The fraction of sp³-hybridized carbons (Fsp3) is 0.750. The number of hydrogen-bond donors (Lipinski definition) is 4. The second-order valence-electron chi connectivity index (χ2n) is 9.03. The van der Waals surface area contributed by atoms with Crippen LogP contribution in [0.3, 0.4) is 0 Å². The fourth-order valence-electron chi connectivity index (χ4n) is 5.15. The summed E-state index contributed by atoms with van der Waals surface area (Å²) < 4.78 is 0. The Hall–Kier alpha value is -1.01. The van der Waals surface area contributed by atoms with Gasteiger partial charge in [-0.1, -0.05) is 33.4 Å². The van der Waals surface area contributed by atoms with Gasteiger partial charge >= 0.3 is 0 Å². The summed E-state index contributed by atoms with van der Waals surface area (Å²) >= 11 is 0. The highest BCUT2D eigenvalue weighted by atomic mass is 16.3.